The number of nitrogens with two attached hydrogens (primary N) is 1. The number of piperidine rings is 1. The Morgan fingerprint density at radius 2 is 2.13 bits per heavy atom. The fraction of sp³-hybridized carbons (Fsp3) is 1.00. The highest BCUT2D eigenvalue weighted by atomic mass is 16.3. The summed E-state index contributed by atoms with van der Waals surface area (Å²) in [6.45, 7) is 5.65. The van der Waals surface area contributed by atoms with Crippen LogP contribution in [0.2, 0.25) is 0 Å². The van der Waals surface area contributed by atoms with Gasteiger partial charge in [0.25, 0.3) is 0 Å². The van der Waals surface area contributed by atoms with Gasteiger partial charge in [-0.3, -0.25) is 4.90 Å². The third-order valence-electron chi connectivity index (χ3n) is 4.28. The predicted octanol–water partition coefficient (Wildman–Crippen LogP) is 0.815. The maximum atomic E-state index is 9.51. The molecule has 15 heavy (non-hydrogen) atoms. The van der Waals surface area contributed by atoms with Crippen molar-refractivity contribution in [2.75, 3.05) is 13.2 Å². The van der Waals surface area contributed by atoms with E-state index in [1.54, 1.807) is 0 Å². The number of hydrogen-bond donors (Lipinski definition) is 2. The Morgan fingerprint density at radius 1 is 1.40 bits per heavy atom. The standard InChI is InChI=1S/C12H24N2O/c1-8(2)12(13)11(7-15)14-6-9-3-4-10(14)5-9/h8-12,15H,3-7,13H2,1-2H3. The van der Waals surface area contributed by atoms with Gasteiger partial charge in [0.1, 0.15) is 0 Å². The summed E-state index contributed by atoms with van der Waals surface area (Å²) in [4.78, 5) is 2.47. The topological polar surface area (TPSA) is 49.5 Å². The lowest BCUT2D eigenvalue weighted by atomic mass is 9.95. The smallest absolute Gasteiger partial charge is 0.0602 e. The molecule has 1 saturated carbocycles. The minimum atomic E-state index is 0.106. The van der Waals surface area contributed by atoms with Crippen LogP contribution in [0.25, 0.3) is 0 Å². The molecule has 0 aromatic heterocycles. The van der Waals surface area contributed by atoms with E-state index in [1.165, 1.54) is 19.3 Å². The highest BCUT2D eigenvalue weighted by Crippen LogP contribution is 2.39. The van der Waals surface area contributed by atoms with Crippen LogP contribution in [-0.4, -0.2) is 41.3 Å². The Morgan fingerprint density at radius 3 is 2.53 bits per heavy atom. The second kappa shape index (κ2) is 4.40. The third kappa shape index (κ3) is 2.05. The van der Waals surface area contributed by atoms with Gasteiger partial charge in [0.05, 0.1) is 6.61 Å². The number of likely N-dealkylation sites (tertiary alicyclic amines) is 1. The van der Waals surface area contributed by atoms with Crippen LogP contribution in [0.4, 0.5) is 0 Å². The molecule has 3 nitrogen and oxygen atoms in total. The van der Waals surface area contributed by atoms with Crippen LogP contribution in [-0.2, 0) is 0 Å². The zero-order chi connectivity index (χ0) is 11.0. The highest BCUT2D eigenvalue weighted by Gasteiger charge is 2.42. The number of hydrogen-bond acceptors (Lipinski definition) is 3. The number of fused-ring (bicyclic) bond motifs is 2. The molecule has 1 aliphatic heterocycles. The van der Waals surface area contributed by atoms with Crippen molar-refractivity contribution in [1.29, 1.82) is 0 Å². The van der Waals surface area contributed by atoms with E-state index in [0.717, 1.165) is 12.5 Å². The zero-order valence-corrected chi connectivity index (χ0v) is 9.89. The lowest BCUT2D eigenvalue weighted by molar-refractivity contribution is 0.0670. The van der Waals surface area contributed by atoms with Crippen LogP contribution < -0.4 is 5.73 Å². The summed E-state index contributed by atoms with van der Waals surface area (Å²) in [6, 6.07) is 0.992. The number of aliphatic hydroxyl groups excluding tert-OH is 1. The van der Waals surface area contributed by atoms with Gasteiger partial charge in [-0.2, -0.15) is 0 Å². The molecule has 2 aliphatic rings. The average Bonchev–Trinajstić information content (AvgIpc) is 2.80. The summed E-state index contributed by atoms with van der Waals surface area (Å²) >= 11 is 0. The molecule has 4 unspecified atom stereocenters. The SMILES string of the molecule is CC(C)C(N)C(CO)N1CC2CCC1C2. The van der Waals surface area contributed by atoms with E-state index in [9.17, 15) is 5.11 Å². The van der Waals surface area contributed by atoms with Gasteiger partial charge in [0, 0.05) is 24.7 Å². The summed E-state index contributed by atoms with van der Waals surface area (Å²) in [5.41, 5.74) is 6.18. The molecule has 0 aromatic rings. The maximum Gasteiger partial charge on any atom is 0.0602 e. The summed E-state index contributed by atoms with van der Waals surface area (Å²) in [6.07, 6.45) is 4.03. The highest BCUT2D eigenvalue weighted by molar-refractivity contribution is 4.98. The Labute approximate surface area is 92.6 Å². The van der Waals surface area contributed by atoms with Crippen LogP contribution in [0.5, 0.6) is 0 Å². The molecule has 0 spiro atoms. The van der Waals surface area contributed by atoms with Gasteiger partial charge < -0.3 is 10.8 Å². The molecule has 0 radical (unpaired) electrons. The van der Waals surface area contributed by atoms with Gasteiger partial charge in [-0.15, -0.1) is 0 Å². The van der Waals surface area contributed by atoms with Crippen LogP contribution in [0.15, 0.2) is 0 Å². The summed E-state index contributed by atoms with van der Waals surface area (Å²) in [5, 5.41) is 9.51. The molecule has 1 saturated heterocycles. The second-order valence-corrected chi connectivity index (χ2v) is 5.60. The normalized spacial score (nSPS) is 35.0. The van der Waals surface area contributed by atoms with Gasteiger partial charge in [-0.25, -0.2) is 0 Å². The van der Waals surface area contributed by atoms with Crippen molar-refractivity contribution < 1.29 is 5.11 Å². The molecule has 1 heterocycles. The first-order chi connectivity index (χ1) is 7.13. The molecule has 2 fully saturated rings. The van der Waals surface area contributed by atoms with Crippen LogP contribution >= 0.6 is 0 Å². The van der Waals surface area contributed by atoms with Gasteiger partial charge in [0.2, 0.25) is 0 Å². The van der Waals surface area contributed by atoms with E-state index < -0.39 is 0 Å². The van der Waals surface area contributed by atoms with Crippen molar-refractivity contribution in [3.8, 4) is 0 Å². The fourth-order valence-corrected chi connectivity index (χ4v) is 3.26. The largest absolute Gasteiger partial charge is 0.395 e. The third-order valence-corrected chi connectivity index (χ3v) is 4.28. The zero-order valence-electron chi connectivity index (χ0n) is 9.89. The molecule has 0 amide bonds. The first-order valence-electron chi connectivity index (χ1n) is 6.25. The molecular formula is C12H24N2O. The lowest BCUT2D eigenvalue weighted by Gasteiger charge is -2.38. The average molecular weight is 212 g/mol. The maximum absolute atomic E-state index is 9.51. The van der Waals surface area contributed by atoms with Crippen molar-refractivity contribution in [1.82, 2.24) is 4.90 Å². The Balaban J connectivity index is 2.01. The van der Waals surface area contributed by atoms with E-state index in [2.05, 4.69) is 18.7 Å². The first-order valence-corrected chi connectivity index (χ1v) is 6.25. The van der Waals surface area contributed by atoms with Crippen LogP contribution in [0, 0.1) is 11.8 Å². The summed E-state index contributed by atoms with van der Waals surface area (Å²) in [5.74, 6) is 1.32. The Kier molecular flexibility index (Phi) is 3.33. The van der Waals surface area contributed by atoms with Crippen molar-refractivity contribution in [3.63, 3.8) is 0 Å². The van der Waals surface area contributed by atoms with Gasteiger partial charge in [-0.05, 0) is 31.1 Å². The molecule has 0 aromatic carbocycles. The van der Waals surface area contributed by atoms with Gasteiger partial charge in [-0.1, -0.05) is 13.8 Å². The quantitative estimate of drug-likeness (QED) is 0.725. The molecule has 2 bridgehead atoms. The van der Waals surface area contributed by atoms with E-state index in [0.29, 0.717) is 12.0 Å². The Bertz CT molecular complexity index is 220. The molecular weight excluding hydrogens is 188 g/mol. The fourth-order valence-electron chi connectivity index (χ4n) is 3.26. The summed E-state index contributed by atoms with van der Waals surface area (Å²) < 4.78 is 0. The first kappa shape index (κ1) is 11.4. The van der Waals surface area contributed by atoms with Crippen molar-refractivity contribution >= 4 is 0 Å². The molecule has 3 N–H and O–H groups in total. The van der Waals surface area contributed by atoms with Crippen molar-refractivity contribution in [2.24, 2.45) is 17.6 Å². The van der Waals surface area contributed by atoms with E-state index in [1.807, 2.05) is 0 Å². The number of rotatable bonds is 4. The van der Waals surface area contributed by atoms with E-state index >= 15 is 0 Å². The van der Waals surface area contributed by atoms with Crippen LogP contribution in [0.1, 0.15) is 33.1 Å². The summed E-state index contributed by atoms with van der Waals surface area (Å²) in [7, 11) is 0. The monoisotopic (exact) mass is 212 g/mol. The number of nitrogens with zero attached hydrogens (tertiary/aromatic N) is 1. The number of aliphatic hydroxyl groups is 1. The predicted molar refractivity (Wildman–Crippen MR) is 61.5 cm³/mol. The van der Waals surface area contributed by atoms with Crippen LogP contribution in [0.3, 0.4) is 0 Å². The molecule has 3 heteroatoms. The molecule has 88 valence electrons. The van der Waals surface area contributed by atoms with Crippen molar-refractivity contribution in [2.45, 2.75) is 51.2 Å². The van der Waals surface area contributed by atoms with E-state index in [4.69, 9.17) is 5.73 Å². The molecule has 2 rings (SSSR count). The Hall–Kier alpha value is -0.120. The van der Waals surface area contributed by atoms with Gasteiger partial charge >= 0.3 is 0 Å². The molecule has 4 atom stereocenters. The van der Waals surface area contributed by atoms with E-state index in [-0.39, 0.29) is 18.7 Å². The van der Waals surface area contributed by atoms with Gasteiger partial charge in [0.15, 0.2) is 0 Å². The minimum absolute atomic E-state index is 0.106. The lowest BCUT2D eigenvalue weighted by Crippen LogP contribution is -2.54. The molecule has 1 aliphatic carbocycles. The van der Waals surface area contributed by atoms with Crippen molar-refractivity contribution in [3.05, 3.63) is 0 Å². The minimum Gasteiger partial charge on any atom is -0.395 e. The second-order valence-electron chi connectivity index (χ2n) is 5.60.